The SMILES string of the molecule is Cc1nc(NC(=O)c2nc3cc(Cl)ccc3s2)nc(-c2ccccn2)n1. The van der Waals surface area contributed by atoms with Gasteiger partial charge in [0.15, 0.2) is 10.8 Å². The zero-order valence-corrected chi connectivity index (χ0v) is 15.0. The van der Waals surface area contributed by atoms with E-state index in [1.807, 2.05) is 12.1 Å². The minimum atomic E-state index is -0.389. The number of thiazole rings is 1. The summed E-state index contributed by atoms with van der Waals surface area (Å²) in [4.78, 5) is 33.8. The van der Waals surface area contributed by atoms with E-state index in [2.05, 4.69) is 30.2 Å². The highest BCUT2D eigenvalue weighted by Gasteiger charge is 2.15. The summed E-state index contributed by atoms with van der Waals surface area (Å²) in [5, 5.41) is 3.55. The number of aryl methyl sites for hydroxylation is 1. The lowest BCUT2D eigenvalue weighted by Crippen LogP contribution is -2.15. The molecule has 26 heavy (non-hydrogen) atoms. The van der Waals surface area contributed by atoms with Crippen molar-refractivity contribution in [2.45, 2.75) is 6.92 Å². The second-order valence-electron chi connectivity index (χ2n) is 5.33. The molecule has 7 nitrogen and oxygen atoms in total. The van der Waals surface area contributed by atoms with E-state index in [0.29, 0.717) is 32.9 Å². The van der Waals surface area contributed by atoms with Crippen molar-refractivity contribution >= 4 is 45.0 Å². The van der Waals surface area contributed by atoms with Gasteiger partial charge in [-0.25, -0.2) is 9.97 Å². The maximum Gasteiger partial charge on any atom is 0.287 e. The summed E-state index contributed by atoms with van der Waals surface area (Å²) in [5.74, 6) is 0.636. The standard InChI is InChI=1S/C17H11ClN6OS/c1-9-20-14(11-4-2-3-7-19-11)23-17(21-9)24-15(25)16-22-12-8-10(18)5-6-13(12)26-16/h2-8H,1H3,(H,20,21,23,24,25). The van der Waals surface area contributed by atoms with Crippen LogP contribution in [0, 0.1) is 6.92 Å². The summed E-state index contributed by atoms with van der Waals surface area (Å²) < 4.78 is 0.876. The van der Waals surface area contributed by atoms with Crippen molar-refractivity contribution in [3.63, 3.8) is 0 Å². The predicted molar refractivity (Wildman–Crippen MR) is 100 cm³/mol. The van der Waals surface area contributed by atoms with E-state index in [-0.39, 0.29) is 11.9 Å². The Morgan fingerprint density at radius 1 is 1.12 bits per heavy atom. The van der Waals surface area contributed by atoms with Crippen LogP contribution in [0.5, 0.6) is 0 Å². The lowest BCUT2D eigenvalue weighted by atomic mass is 10.3. The zero-order valence-electron chi connectivity index (χ0n) is 13.5. The molecule has 0 aliphatic heterocycles. The van der Waals surface area contributed by atoms with E-state index in [9.17, 15) is 4.79 Å². The normalized spacial score (nSPS) is 10.8. The molecule has 0 atom stereocenters. The second-order valence-corrected chi connectivity index (χ2v) is 6.80. The van der Waals surface area contributed by atoms with E-state index >= 15 is 0 Å². The number of fused-ring (bicyclic) bond motifs is 1. The van der Waals surface area contributed by atoms with Crippen LogP contribution in [-0.4, -0.2) is 30.8 Å². The van der Waals surface area contributed by atoms with Crippen LogP contribution in [0.1, 0.15) is 15.6 Å². The van der Waals surface area contributed by atoms with Gasteiger partial charge in [-0.3, -0.25) is 15.1 Å². The molecule has 1 N–H and O–H groups in total. The highest BCUT2D eigenvalue weighted by atomic mass is 35.5. The Morgan fingerprint density at radius 2 is 2.00 bits per heavy atom. The monoisotopic (exact) mass is 382 g/mol. The first-order chi connectivity index (χ1) is 12.6. The molecule has 4 aromatic rings. The number of halogens is 1. The molecule has 9 heteroatoms. The number of nitrogens with zero attached hydrogens (tertiary/aromatic N) is 5. The lowest BCUT2D eigenvalue weighted by molar-refractivity contribution is 0.102. The fraction of sp³-hybridized carbons (Fsp3) is 0.0588. The van der Waals surface area contributed by atoms with Crippen LogP contribution >= 0.6 is 22.9 Å². The number of carbonyl (C=O) groups excluding carboxylic acids is 1. The Hall–Kier alpha value is -2.97. The Balaban J connectivity index is 1.63. The van der Waals surface area contributed by atoms with Gasteiger partial charge >= 0.3 is 0 Å². The molecule has 0 radical (unpaired) electrons. The van der Waals surface area contributed by atoms with E-state index in [0.717, 1.165) is 4.70 Å². The lowest BCUT2D eigenvalue weighted by Gasteiger charge is -2.05. The molecular weight excluding hydrogens is 372 g/mol. The van der Waals surface area contributed by atoms with Crippen LogP contribution < -0.4 is 5.32 Å². The van der Waals surface area contributed by atoms with Crippen molar-refractivity contribution in [2.75, 3.05) is 5.32 Å². The molecule has 0 spiro atoms. The van der Waals surface area contributed by atoms with Crippen molar-refractivity contribution in [1.29, 1.82) is 0 Å². The van der Waals surface area contributed by atoms with Gasteiger partial charge < -0.3 is 0 Å². The van der Waals surface area contributed by atoms with Gasteiger partial charge in [-0.1, -0.05) is 17.7 Å². The first kappa shape index (κ1) is 16.5. The number of nitrogens with one attached hydrogen (secondary N) is 1. The molecule has 0 saturated heterocycles. The Morgan fingerprint density at radius 3 is 2.81 bits per heavy atom. The highest BCUT2D eigenvalue weighted by Crippen LogP contribution is 2.25. The van der Waals surface area contributed by atoms with Gasteiger partial charge in [-0.2, -0.15) is 9.97 Å². The van der Waals surface area contributed by atoms with Crippen LogP contribution in [0.25, 0.3) is 21.7 Å². The summed E-state index contributed by atoms with van der Waals surface area (Å²) in [6.45, 7) is 1.73. The van der Waals surface area contributed by atoms with E-state index in [1.165, 1.54) is 11.3 Å². The van der Waals surface area contributed by atoms with Crippen molar-refractivity contribution in [2.24, 2.45) is 0 Å². The van der Waals surface area contributed by atoms with Gasteiger partial charge in [0, 0.05) is 11.2 Å². The molecule has 128 valence electrons. The zero-order chi connectivity index (χ0) is 18.1. The third-order valence-corrected chi connectivity index (χ3v) is 4.68. The van der Waals surface area contributed by atoms with Gasteiger partial charge in [-0.15, -0.1) is 11.3 Å². The Kier molecular flexibility index (Phi) is 4.27. The van der Waals surface area contributed by atoms with E-state index in [1.54, 1.807) is 37.4 Å². The average Bonchev–Trinajstić information content (AvgIpc) is 3.05. The molecule has 0 bridgehead atoms. The molecule has 0 fully saturated rings. The van der Waals surface area contributed by atoms with Crippen molar-refractivity contribution in [3.05, 3.63) is 58.4 Å². The summed E-state index contributed by atoms with van der Waals surface area (Å²) in [6, 6.07) is 10.7. The Labute approximate surface area is 157 Å². The molecule has 0 saturated carbocycles. The van der Waals surface area contributed by atoms with Crippen LogP contribution in [0.15, 0.2) is 42.6 Å². The first-order valence-electron chi connectivity index (χ1n) is 7.60. The summed E-state index contributed by atoms with van der Waals surface area (Å²) in [7, 11) is 0. The molecule has 1 aromatic carbocycles. The predicted octanol–water partition coefficient (Wildman–Crippen LogP) is 3.76. The van der Waals surface area contributed by atoms with Crippen LogP contribution in [0.2, 0.25) is 5.02 Å². The maximum atomic E-state index is 12.5. The molecule has 0 aliphatic carbocycles. The summed E-state index contributed by atoms with van der Waals surface area (Å²) >= 11 is 7.23. The number of pyridine rings is 1. The van der Waals surface area contributed by atoms with Crippen LogP contribution in [-0.2, 0) is 0 Å². The molecule has 1 amide bonds. The molecule has 3 heterocycles. The summed E-state index contributed by atoms with van der Waals surface area (Å²) in [5.41, 5.74) is 1.27. The molecule has 3 aromatic heterocycles. The topological polar surface area (TPSA) is 93.6 Å². The number of anilines is 1. The number of benzene rings is 1. The van der Waals surface area contributed by atoms with Gasteiger partial charge in [0.05, 0.1) is 10.2 Å². The van der Waals surface area contributed by atoms with Gasteiger partial charge in [0.1, 0.15) is 11.5 Å². The number of rotatable bonds is 3. The number of amides is 1. The number of hydrogen-bond acceptors (Lipinski definition) is 7. The fourth-order valence-electron chi connectivity index (χ4n) is 2.30. The van der Waals surface area contributed by atoms with Crippen LogP contribution in [0.3, 0.4) is 0 Å². The summed E-state index contributed by atoms with van der Waals surface area (Å²) in [6.07, 6.45) is 1.65. The minimum absolute atomic E-state index is 0.153. The van der Waals surface area contributed by atoms with E-state index < -0.39 is 0 Å². The second kappa shape index (κ2) is 6.74. The quantitative estimate of drug-likeness (QED) is 0.579. The molecule has 0 aliphatic rings. The van der Waals surface area contributed by atoms with Crippen molar-refractivity contribution in [1.82, 2.24) is 24.9 Å². The van der Waals surface area contributed by atoms with Crippen molar-refractivity contribution < 1.29 is 4.79 Å². The van der Waals surface area contributed by atoms with Gasteiger partial charge in [-0.05, 0) is 37.3 Å². The largest absolute Gasteiger partial charge is 0.288 e. The van der Waals surface area contributed by atoms with Gasteiger partial charge in [0.25, 0.3) is 5.91 Å². The first-order valence-corrected chi connectivity index (χ1v) is 8.79. The third kappa shape index (κ3) is 3.37. The Bertz CT molecular complexity index is 1110. The number of hydrogen-bond donors (Lipinski definition) is 1. The molecular formula is C17H11ClN6OS. The van der Waals surface area contributed by atoms with Crippen LogP contribution in [0.4, 0.5) is 5.95 Å². The van der Waals surface area contributed by atoms with Crippen molar-refractivity contribution in [3.8, 4) is 11.5 Å². The van der Waals surface area contributed by atoms with E-state index in [4.69, 9.17) is 11.6 Å². The average molecular weight is 383 g/mol. The smallest absolute Gasteiger partial charge is 0.287 e. The molecule has 4 rings (SSSR count). The van der Waals surface area contributed by atoms with Gasteiger partial charge in [0.2, 0.25) is 5.95 Å². The fourth-order valence-corrected chi connectivity index (χ4v) is 3.31. The maximum absolute atomic E-state index is 12.5. The number of carbonyl (C=O) groups is 1. The molecule has 0 unspecified atom stereocenters. The number of aromatic nitrogens is 5. The third-order valence-electron chi connectivity index (χ3n) is 3.41. The minimum Gasteiger partial charge on any atom is -0.288 e. The highest BCUT2D eigenvalue weighted by molar-refractivity contribution is 7.20.